The van der Waals surface area contributed by atoms with Gasteiger partial charge >= 0.3 is 0 Å². The molecule has 0 saturated heterocycles. The Balaban J connectivity index is 0.926. The standard InChI is InChI=1S/C66H45NO/c1-3-16-46(17-4-1)47-32-34-51(35-33-47)61-27-9-11-30-63(61)67(57-40-36-48(37-41-57)53-22-13-24-55(44-53)60-29-15-21-50-18-7-8-26-59(50)60)58-42-38-49(39-43-58)54-23-14-25-56(45-54)66-65(52-19-5-2-6-20-52)62-28-10-12-31-64(62)68-66/h1-45H. The van der Waals surface area contributed by atoms with Gasteiger partial charge < -0.3 is 9.32 Å². The van der Waals surface area contributed by atoms with Gasteiger partial charge in [0.05, 0.1) is 5.69 Å². The van der Waals surface area contributed by atoms with Crippen LogP contribution < -0.4 is 4.90 Å². The molecule has 1 heterocycles. The first-order chi connectivity index (χ1) is 33.7. The van der Waals surface area contributed by atoms with Crippen molar-refractivity contribution in [3.63, 3.8) is 0 Å². The zero-order valence-electron chi connectivity index (χ0n) is 37.3. The molecular formula is C66H45NO. The van der Waals surface area contributed by atoms with E-state index in [1.807, 2.05) is 6.07 Å². The molecular weight excluding hydrogens is 823 g/mol. The summed E-state index contributed by atoms with van der Waals surface area (Å²) in [7, 11) is 0. The maximum Gasteiger partial charge on any atom is 0.143 e. The minimum atomic E-state index is 0.874. The molecule has 2 heteroatoms. The Labute approximate surface area is 397 Å². The van der Waals surface area contributed by atoms with Gasteiger partial charge in [-0.3, -0.25) is 0 Å². The van der Waals surface area contributed by atoms with Crippen LogP contribution in [0.25, 0.3) is 99.8 Å². The SMILES string of the molecule is c1ccc(-c2ccc(-c3ccccc3N(c3ccc(-c4cccc(-c5oc6ccccc6c5-c5ccccc5)c4)cc3)c3ccc(-c4cccc(-c5cccc6ccccc56)c4)cc3)cc2)cc1. The minimum absolute atomic E-state index is 0.874. The Kier molecular flexibility index (Phi) is 10.6. The van der Waals surface area contributed by atoms with Crippen LogP contribution in [0.1, 0.15) is 0 Å². The molecule has 1 aromatic heterocycles. The largest absolute Gasteiger partial charge is 0.455 e. The Morgan fingerprint density at radius 1 is 0.265 bits per heavy atom. The molecule has 0 fully saturated rings. The summed E-state index contributed by atoms with van der Waals surface area (Å²) in [6.07, 6.45) is 0. The lowest BCUT2D eigenvalue weighted by atomic mass is 9.95. The molecule has 0 unspecified atom stereocenters. The predicted octanol–water partition coefficient (Wildman–Crippen LogP) is 18.7. The Hall–Kier alpha value is -8.98. The summed E-state index contributed by atoms with van der Waals surface area (Å²) in [6.45, 7) is 0. The van der Waals surface area contributed by atoms with Crippen molar-refractivity contribution in [2.45, 2.75) is 0 Å². The molecule has 2 nitrogen and oxygen atoms in total. The van der Waals surface area contributed by atoms with E-state index in [9.17, 15) is 0 Å². The van der Waals surface area contributed by atoms with E-state index in [-0.39, 0.29) is 0 Å². The van der Waals surface area contributed by atoms with Gasteiger partial charge in [-0.2, -0.15) is 0 Å². The number of benzene rings is 11. The number of furan rings is 1. The fraction of sp³-hybridized carbons (Fsp3) is 0. The smallest absolute Gasteiger partial charge is 0.143 e. The number of fused-ring (bicyclic) bond motifs is 2. The number of rotatable bonds is 10. The van der Waals surface area contributed by atoms with Crippen molar-refractivity contribution in [3.8, 4) is 78.1 Å². The highest BCUT2D eigenvalue weighted by molar-refractivity contribution is 6.02. The summed E-state index contributed by atoms with van der Waals surface area (Å²) in [5, 5.41) is 3.61. The van der Waals surface area contributed by atoms with Crippen LogP contribution in [-0.2, 0) is 0 Å². The van der Waals surface area contributed by atoms with Crippen molar-refractivity contribution in [2.75, 3.05) is 4.90 Å². The van der Waals surface area contributed by atoms with Crippen LogP contribution in [0.2, 0.25) is 0 Å². The molecule has 11 aromatic carbocycles. The zero-order valence-corrected chi connectivity index (χ0v) is 37.3. The normalized spacial score (nSPS) is 11.2. The van der Waals surface area contributed by atoms with Gasteiger partial charge in [-0.05, 0) is 115 Å². The maximum absolute atomic E-state index is 6.63. The van der Waals surface area contributed by atoms with Crippen LogP contribution in [0.4, 0.5) is 17.1 Å². The first kappa shape index (κ1) is 40.5. The molecule has 0 aliphatic carbocycles. The number of nitrogens with zero attached hydrogens (tertiary/aromatic N) is 1. The Morgan fingerprint density at radius 2 is 0.706 bits per heavy atom. The van der Waals surface area contributed by atoms with Crippen LogP contribution in [0.5, 0.6) is 0 Å². The van der Waals surface area contributed by atoms with Crippen molar-refractivity contribution >= 4 is 38.8 Å². The number of para-hydroxylation sites is 2. The van der Waals surface area contributed by atoms with Crippen LogP contribution in [-0.4, -0.2) is 0 Å². The van der Waals surface area contributed by atoms with Gasteiger partial charge in [0.15, 0.2) is 0 Å². The fourth-order valence-electron chi connectivity index (χ4n) is 9.74. The third-order valence-corrected chi connectivity index (χ3v) is 13.1. The van der Waals surface area contributed by atoms with E-state index in [2.05, 4.69) is 272 Å². The van der Waals surface area contributed by atoms with Gasteiger partial charge in [-0.15, -0.1) is 0 Å². The van der Waals surface area contributed by atoms with Crippen LogP contribution in [0, 0.1) is 0 Å². The Morgan fingerprint density at radius 3 is 1.41 bits per heavy atom. The third kappa shape index (κ3) is 7.74. The van der Waals surface area contributed by atoms with Crippen LogP contribution in [0.15, 0.2) is 277 Å². The van der Waals surface area contributed by atoms with Gasteiger partial charge in [0.1, 0.15) is 11.3 Å². The van der Waals surface area contributed by atoms with Crippen LogP contribution in [0.3, 0.4) is 0 Å². The third-order valence-electron chi connectivity index (χ3n) is 13.1. The molecule has 0 bridgehead atoms. The molecule has 0 radical (unpaired) electrons. The molecule has 0 aliphatic rings. The van der Waals surface area contributed by atoms with Crippen molar-refractivity contribution in [1.82, 2.24) is 0 Å². The van der Waals surface area contributed by atoms with Gasteiger partial charge in [0, 0.05) is 33.5 Å². The molecule has 12 aromatic rings. The lowest BCUT2D eigenvalue weighted by molar-refractivity contribution is 0.632. The second-order valence-electron chi connectivity index (χ2n) is 17.2. The number of hydrogen-bond acceptors (Lipinski definition) is 2. The van der Waals surface area contributed by atoms with E-state index in [0.717, 1.165) is 78.3 Å². The van der Waals surface area contributed by atoms with Gasteiger partial charge in [-0.1, -0.05) is 224 Å². The second kappa shape index (κ2) is 17.8. The van der Waals surface area contributed by atoms with Gasteiger partial charge in [0.25, 0.3) is 0 Å². The van der Waals surface area contributed by atoms with Crippen molar-refractivity contribution in [2.24, 2.45) is 0 Å². The number of hydrogen-bond donors (Lipinski definition) is 0. The van der Waals surface area contributed by atoms with E-state index in [1.54, 1.807) is 0 Å². The van der Waals surface area contributed by atoms with Crippen LogP contribution >= 0.6 is 0 Å². The van der Waals surface area contributed by atoms with E-state index in [0.29, 0.717) is 0 Å². The molecule has 0 amide bonds. The Bertz CT molecular complexity index is 3700. The number of anilines is 3. The summed E-state index contributed by atoms with van der Waals surface area (Å²) in [4.78, 5) is 2.39. The molecule has 12 rings (SSSR count). The van der Waals surface area contributed by atoms with Crippen molar-refractivity contribution in [1.29, 1.82) is 0 Å². The first-order valence-electron chi connectivity index (χ1n) is 23.2. The summed E-state index contributed by atoms with van der Waals surface area (Å²) in [5.74, 6) is 0.874. The van der Waals surface area contributed by atoms with E-state index in [4.69, 9.17) is 4.42 Å². The minimum Gasteiger partial charge on any atom is -0.455 e. The second-order valence-corrected chi connectivity index (χ2v) is 17.2. The molecule has 0 N–H and O–H groups in total. The highest BCUT2D eigenvalue weighted by atomic mass is 16.3. The van der Waals surface area contributed by atoms with E-state index >= 15 is 0 Å². The molecule has 0 atom stereocenters. The predicted molar refractivity (Wildman–Crippen MR) is 286 cm³/mol. The zero-order chi connectivity index (χ0) is 45.2. The summed E-state index contributed by atoms with van der Waals surface area (Å²) in [5.41, 5.74) is 19.1. The molecule has 320 valence electrons. The molecule has 0 saturated carbocycles. The average molecular weight is 868 g/mol. The lowest BCUT2D eigenvalue weighted by Crippen LogP contribution is -2.11. The lowest BCUT2D eigenvalue weighted by Gasteiger charge is -2.28. The summed E-state index contributed by atoms with van der Waals surface area (Å²) < 4.78 is 6.63. The maximum atomic E-state index is 6.63. The molecule has 68 heavy (non-hydrogen) atoms. The molecule has 0 spiro atoms. The fourth-order valence-corrected chi connectivity index (χ4v) is 9.74. The molecule has 0 aliphatic heterocycles. The summed E-state index contributed by atoms with van der Waals surface area (Å²) in [6, 6.07) is 97.9. The van der Waals surface area contributed by atoms with Crippen molar-refractivity contribution in [3.05, 3.63) is 273 Å². The monoisotopic (exact) mass is 867 g/mol. The van der Waals surface area contributed by atoms with E-state index in [1.165, 1.54) is 38.6 Å². The average Bonchev–Trinajstić information content (AvgIpc) is 3.82. The van der Waals surface area contributed by atoms with Gasteiger partial charge in [-0.25, -0.2) is 0 Å². The van der Waals surface area contributed by atoms with E-state index < -0.39 is 0 Å². The van der Waals surface area contributed by atoms with Gasteiger partial charge in [0.2, 0.25) is 0 Å². The quantitative estimate of drug-likeness (QED) is 0.136. The highest BCUT2D eigenvalue weighted by Gasteiger charge is 2.20. The summed E-state index contributed by atoms with van der Waals surface area (Å²) >= 11 is 0. The topological polar surface area (TPSA) is 16.4 Å². The van der Waals surface area contributed by atoms with Crippen molar-refractivity contribution < 1.29 is 4.42 Å². The first-order valence-corrected chi connectivity index (χ1v) is 23.2. The highest BCUT2D eigenvalue weighted by Crippen LogP contribution is 2.44.